The zero-order valence-electron chi connectivity index (χ0n) is 18.4. The Balaban J connectivity index is 1.29. The summed E-state index contributed by atoms with van der Waals surface area (Å²) >= 11 is 1.66. The first kappa shape index (κ1) is 20.8. The second-order valence-electron chi connectivity index (χ2n) is 8.53. The van der Waals surface area contributed by atoms with Crippen LogP contribution in [0.4, 0.5) is 5.82 Å². The van der Waals surface area contributed by atoms with Crippen molar-refractivity contribution in [2.75, 3.05) is 5.73 Å². The molecule has 0 atom stereocenters. The van der Waals surface area contributed by atoms with Gasteiger partial charge >= 0.3 is 5.97 Å². The molecule has 0 saturated heterocycles. The van der Waals surface area contributed by atoms with Gasteiger partial charge in [-0.05, 0) is 55.5 Å². The van der Waals surface area contributed by atoms with Gasteiger partial charge in [-0.15, -0.1) is 11.3 Å². The minimum atomic E-state index is -0.438. The third-order valence-electron chi connectivity index (χ3n) is 6.42. The van der Waals surface area contributed by atoms with E-state index in [1.54, 1.807) is 23.5 Å². The van der Waals surface area contributed by atoms with Gasteiger partial charge in [0.2, 0.25) is 0 Å². The van der Waals surface area contributed by atoms with Crippen LogP contribution in [0.25, 0.3) is 32.0 Å². The van der Waals surface area contributed by atoms with Crippen molar-refractivity contribution < 1.29 is 9.53 Å². The van der Waals surface area contributed by atoms with Gasteiger partial charge in [-0.25, -0.2) is 9.97 Å². The maximum atomic E-state index is 12.9. The first-order valence-corrected chi connectivity index (χ1v) is 12.1. The Bertz CT molecular complexity index is 1590. The predicted molar refractivity (Wildman–Crippen MR) is 134 cm³/mol. The van der Waals surface area contributed by atoms with E-state index in [1.165, 1.54) is 16.9 Å². The number of aromatic nitrogens is 3. The largest absolute Gasteiger partial charge is 0.456 e. The fourth-order valence-corrected chi connectivity index (χ4v) is 6.15. The molecule has 0 amide bonds. The molecule has 3 heterocycles. The van der Waals surface area contributed by atoms with Gasteiger partial charge in [0.1, 0.15) is 17.2 Å². The van der Waals surface area contributed by atoms with Crippen LogP contribution in [0.2, 0.25) is 0 Å². The van der Waals surface area contributed by atoms with Crippen LogP contribution in [-0.4, -0.2) is 20.5 Å². The molecule has 8 heteroatoms. The molecule has 5 aromatic rings. The number of nitrogens with two attached hydrogens (primary N) is 1. The molecule has 6 rings (SSSR count). The van der Waals surface area contributed by atoms with Gasteiger partial charge in [-0.1, -0.05) is 24.3 Å². The first-order valence-electron chi connectivity index (χ1n) is 11.3. The summed E-state index contributed by atoms with van der Waals surface area (Å²) in [4.78, 5) is 37.0. The molecule has 3 aromatic heterocycles. The average molecular weight is 471 g/mol. The number of ether oxygens (including phenoxy) is 1. The van der Waals surface area contributed by atoms with Crippen LogP contribution in [0, 0.1) is 0 Å². The molecule has 7 nitrogen and oxygen atoms in total. The molecular formula is C26H22N4O3S. The average Bonchev–Trinajstić information content (AvgIpc) is 3.24. The van der Waals surface area contributed by atoms with Gasteiger partial charge in [0.25, 0.3) is 0 Å². The highest BCUT2D eigenvalue weighted by Gasteiger charge is 2.20. The lowest BCUT2D eigenvalue weighted by atomic mass is 9.97. The smallest absolute Gasteiger partial charge is 0.326 e. The molecule has 2 N–H and O–H groups in total. The Morgan fingerprint density at radius 3 is 2.41 bits per heavy atom. The number of hydrogen-bond donors (Lipinski definition) is 1. The molecule has 34 heavy (non-hydrogen) atoms. The van der Waals surface area contributed by atoms with Gasteiger partial charge in [-0.2, -0.15) is 0 Å². The normalized spacial score (nSPS) is 13.4. The second-order valence-corrected chi connectivity index (χ2v) is 9.61. The van der Waals surface area contributed by atoms with E-state index < -0.39 is 5.97 Å². The van der Waals surface area contributed by atoms with Gasteiger partial charge in [0.15, 0.2) is 17.9 Å². The number of para-hydroxylation sites is 2. The predicted octanol–water partition coefficient (Wildman–Crippen LogP) is 4.36. The Kier molecular flexibility index (Phi) is 5.03. The molecule has 0 bridgehead atoms. The van der Waals surface area contributed by atoms with Crippen LogP contribution < -0.4 is 11.2 Å². The summed E-state index contributed by atoms with van der Waals surface area (Å²) < 4.78 is 7.37. The van der Waals surface area contributed by atoms with Crippen LogP contribution >= 0.6 is 11.3 Å². The molecule has 0 unspecified atom stereocenters. The number of pyridine rings is 1. The number of aryl methyl sites for hydroxylation is 2. The quantitative estimate of drug-likeness (QED) is 0.309. The van der Waals surface area contributed by atoms with Crippen molar-refractivity contribution in [2.24, 2.45) is 0 Å². The third kappa shape index (κ3) is 3.42. The summed E-state index contributed by atoms with van der Waals surface area (Å²) in [5.41, 5.74) is 8.89. The number of carbonyl (C=O) groups excluding carboxylic acids is 1. The standard InChI is InChI=1S/C26H22N4O3S/c27-25-23-17-9-3-6-12-20(17)34-26(23)29-21(28-25)14-33-22(31)13-30-18-10-4-1-7-15(18)24(32)16-8-2-5-11-19(16)30/h1-2,4-5,7-8,10-11H,3,6,9,12-14H2,(H2,27,28,29). The molecule has 1 aliphatic rings. The molecule has 170 valence electrons. The zero-order chi connectivity index (χ0) is 23.2. The van der Waals surface area contributed by atoms with E-state index in [-0.39, 0.29) is 18.6 Å². The van der Waals surface area contributed by atoms with E-state index in [0.29, 0.717) is 33.4 Å². The van der Waals surface area contributed by atoms with Gasteiger partial charge < -0.3 is 15.0 Å². The number of thiophene rings is 1. The van der Waals surface area contributed by atoms with Crippen molar-refractivity contribution >= 4 is 55.1 Å². The van der Waals surface area contributed by atoms with Gasteiger partial charge in [-0.3, -0.25) is 9.59 Å². The van der Waals surface area contributed by atoms with E-state index in [0.717, 1.165) is 29.5 Å². The van der Waals surface area contributed by atoms with Crippen molar-refractivity contribution in [3.05, 3.63) is 75.0 Å². The minimum Gasteiger partial charge on any atom is -0.456 e. The number of rotatable bonds is 4. The van der Waals surface area contributed by atoms with Crippen LogP contribution in [0.15, 0.2) is 53.3 Å². The summed E-state index contributed by atoms with van der Waals surface area (Å²) in [7, 11) is 0. The van der Waals surface area contributed by atoms with Crippen molar-refractivity contribution in [3.8, 4) is 0 Å². The Morgan fingerprint density at radius 2 is 1.68 bits per heavy atom. The van der Waals surface area contributed by atoms with Crippen molar-refractivity contribution in [3.63, 3.8) is 0 Å². The number of nitrogen functional groups attached to an aromatic ring is 1. The van der Waals surface area contributed by atoms with E-state index in [4.69, 9.17) is 10.5 Å². The maximum Gasteiger partial charge on any atom is 0.326 e. The fourth-order valence-electron chi connectivity index (χ4n) is 4.86. The molecule has 0 aliphatic heterocycles. The highest BCUT2D eigenvalue weighted by Crippen LogP contribution is 2.37. The summed E-state index contributed by atoms with van der Waals surface area (Å²) in [6, 6.07) is 14.6. The Labute approximate surface area is 198 Å². The summed E-state index contributed by atoms with van der Waals surface area (Å²) in [5.74, 6) is 0.408. The fraction of sp³-hybridized carbons (Fsp3) is 0.231. The number of anilines is 1. The lowest BCUT2D eigenvalue weighted by Gasteiger charge is -2.14. The second kappa shape index (κ2) is 8.22. The van der Waals surface area contributed by atoms with E-state index in [1.807, 2.05) is 41.0 Å². The summed E-state index contributed by atoms with van der Waals surface area (Å²) in [5, 5.41) is 2.09. The van der Waals surface area contributed by atoms with Crippen molar-refractivity contribution in [1.82, 2.24) is 14.5 Å². The highest BCUT2D eigenvalue weighted by atomic mass is 32.1. The number of benzene rings is 2. The zero-order valence-corrected chi connectivity index (χ0v) is 19.2. The molecule has 2 aromatic carbocycles. The summed E-state index contributed by atoms with van der Waals surface area (Å²) in [6.45, 7) is -0.0933. The highest BCUT2D eigenvalue weighted by molar-refractivity contribution is 7.19. The van der Waals surface area contributed by atoms with Crippen molar-refractivity contribution in [2.45, 2.75) is 38.8 Å². The number of carbonyl (C=O) groups is 1. The summed E-state index contributed by atoms with van der Waals surface area (Å²) in [6.07, 6.45) is 4.41. The monoisotopic (exact) mass is 470 g/mol. The van der Waals surface area contributed by atoms with Crippen molar-refractivity contribution in [1.29, 1.82) is 0 Å². The Hall–Kier alpha value is -3.78. The van der Waals surface area contributed by atoms with Crippen LogP contribution in [0.5, 0.6) is 0 Å². The van der Waals surface area contributed by atoms with Gasteiger partial charge in [0.05, 0.1) is 16.4 Å². The number of esters is 1. The van der Waals surface area contributed by atoms with E-state index in [9.17, 15) is 9.59 Å². The minimum absolute atomic E-state index is 0.0354. The van der Waals surface area contributed by atoms with Gasteiger partial charge in [0, 0.05) is 15.6 Å². The third-order valence-corrected chi connectivity index (χ3v) is 7.60. The molecule has 0 radical (unpaired) electrons. The topological polar surface area (TPSA) is 100 Å². The van der Waals surface area contributed by atoms with Crippen LogP contribution in [-0.2, 0) is 35.5 Å². The lowest BCUT2D eigenvalue weighted by Crippen LogP contribution is -2.18. The maximum absolute atomic E-state index is 12.9. The van der Waals surface area contributed by atoms with Crippen LogP contribution in [0.1, 0.15) is 29.1 Å². The Morgan fingerprint density at radius 1 is 1.00 bits per heavy atom. The number of nitrogens with zero attached hydrogens (tertiary/aromatic N) is 3. The molecule has 0 spiro atoms. The molecule has 0 saturated carbocycles. The molecule has 1 aliphatic carbocycles. The number of hydrogen-bond acceptors (Lipinski definition) is 7. The lowest BCUT2D eigenvalue weighted by molar-refractivity contribution is -0.145. The van der Waals surface area contributed by atoms with Crippen LogP contribution in [0.3, 0.4) is 0 Å². The van der Waals surface area contributed by atoms with E-state index in [2.05, 4.69) is 9.97 Å². The van der Waals surface area contributed by atoms with E-state index >= 15 is 0 Å². The SMILES string of the molecule is Nc1nc(COC(=O)Cn2c3ccccc3c(=O)c3ccccc32)nc2sc3c(c12)CCCC3. The molecule has 0 fully saturated rings. The number of fused-ring (bicyclic) bond motifs is 5. The first-order chi connectivity index (χ1) is 16.6. The molecular weight excluding hydrogens is 448 g/mol.